The van der Waals surface area contributed by atoms with Crippen LogP contribution in [0.15, 0.2) is 11.6 Å². The summed E-state index contributed by atoms with van der Waals surface area (Å²) in [6.45, 7) is 7.65. The molecule has 2 aliphatic rings. The number of aliphatic hydroxyl groups excluding tert-OH is 1. The molecule has 15 heavy (non-hydrogen) atoms. The third-order valence-electron chi connectivity index (χ3n) is 5.29. The minimum Gasteiger partial charge on any atom is -0.396 e. The number of unbranched alkanes of at least 4 members (excludes halogenated alkanes) is 1. The molecule has 0 amide bonds. The van der Waals surface area contributed by atoms with Gasteiger partial charge in [-0.05, 0) is 42.4 Å². The molecule has 0 radical (unpaired) electrons. The van der Waals surface area contributed by atoms with Gasteiger partial charge in [-0.15, -0.1) is 0 Å². The first kappa shape index (κ1) is 11.2. The van der Waals surface area contributed by atoms with Crippen molar-refractivity contribution in [3.8, 4) is 0 Å². The predicted molar refractivity (Wildman–Crippen MR) is 63.6 cm³/mol. The average molecular weight is 208 g/mol. The van der Waals surface area contributed by atoms with E-state index in [-0.39, 0.29) is 0 Å². The summed E-state index contributed by atoms with van der Waals surface area (Å²) in [4.78, 5) is 0. The van der Waals surface area contributed by atoms with Crippen molar-refractivity contribution in [2.24, 2.45) is 16.7 Å². The summed E-state index contributed by atoms with van der Waals surface area (Å²) in [6.07, 6.45) is 8.65. The molecule has 86 valence electrons. The predicted octanol–water partition coefficient (Wildman–Crippen LogP) is 3.53. The second-order valence-electron chi connectivity index (χ2n) is 6.06. The summed E-state index contributed by atoms with van der Waals surface area (Å²) < 4.78 is 0. The number of hydrogen-bond acceptors (Lipinski definition) is 1. The second kappa shape index (κ2) is 3.62. The van der Waals surface area contributed by atoms with Crippen LogP contribution in [-0.2, 0) is 0 Å². The van der Waals surface area contributed by atoms with Gasteiger partial charge in [-0.1, -0.05) is 38.8 Å². The molecule has 1 nitrogen and oxygen atoms in total. The van der Waals surface area contributed by atoms with Crippen molar-refractivity contribution < 1.29 is 5.11 Å². The summed E-state index contributed by atoms with van der Waals surface area (Å²) in [5.41, 5.74) is 2.62. The zero-order chi connectivity index (χ0) is 11.1. The molecule has 2 atom stereocenters. The second-order valence-corrected chi connectivity index (χ2v) is 6.06. The number of hydrogen-bond donors (Lipinski definition) is 1. The van der Waals surface area contributed by atoms with Crippen molar-refractivity contribution in [3.05, 3.63) is 11.6 Å². The first-order valence-corrected chi connectivity index (χ1v) is 6.34. The summed E-state index contributed by atoms with van der Waals surface area (Å²) >= 11 is 0. The summed E-state index contributed by atoms with van der Waals surface area (Å²) in [6, 6.07) is 0. The van der Waals surface area contributed by atoms with Crippen molar-refractivity contribution in [3.63, 3.8) is 0 Å². The van der Waals surface area contributed by atoms with E-state index < -0.39 is 0 Å². The number of allylic oxidation sites excluding steroid dienone is 2. The van der Waals surface area contributed by atoms with E-state index in [1.54, 1.807) is 5.57 Å². The van der Waals surface area contributed by atoms with Gasteiger partial charge in [0.2, 0.25) is 0 Å². The Morgan fingerprint density at radius 1 is 1.33 bits per heavy atom. The molecule has 0 aromatic rings. The largest absolute Gasteiger partial charge is 0.396 e. The summed E-state index contributed by atoms with van der Waals surface area (Å²) in [5.74, 6) is 0.766. The third kappa shape index (κ3) is 1.47. The first-order chi connectivity index (χ1) is 7.02. The lowest BCUT2D eigenvalue weighted by Gasteiger charge is -2.39. The van der Waals surface area contributed by atoms with E-state index in [9.17, 15) is 0 Å². The van der Waals surface area contributed by atoms with E-state index in [0.29, 0.717) is 17.4 Å². The van der Waals surface area contributed by atoms with Crippen LogP contribution in [0.1, 0.15) is 52.9 Å². The molecular formula is C14H24O. The maximum absolute atomic E-state index is 8.82. The highest BCUT2D eigenvalue weighted by Crippen LogP contribution is 2.65. The molecule has 1 heteroatoms. The molecule has 0 aliphatic heterocycles. The van der Waals surface area contributed by atoms with Crippen LogP contribution in [0.4, 0.5) is 0 Å². The SMILES string of the molecule is CC1(C)C2=CC(CCCCO)C1(C)CC2. The zero-order valence-corrected chi connectivity index (χ0v) is 10.3. The fourth-order valence-corrected chi connectivity index (χ4v) is 3.63. The number of aliphatic hydroxyl groups is 1. The smallest absolute Gasteiger partial charge is 0.0431 e. The first-order valence-electron chi connectivity index (χ1n) is 6.34. The highest BCUT2D eigenvalue weighted by molar-refractivity contribution is 5.32. The van der Waals surface area contributed by atoms with Crippen molar-refractivity contribution in [2.45, 2.75) is 52.9 Å². The van der Waals surface area contributed by atoms with Gasteiger partial charge in [-0.2, -0.15) is 0 Å². The quantitative estimate of drug-likeness (QED) is 0.553. The number of fused-ring (bicyclic) bond motifs is 2. The topological polar surface area (TPSA) is 20.2 Å². The van der Waals surface area contributed by atoms with Crippen LogP contribution in [0.3, 0.4) is 0 Å². The maximum atomic E-state index is 8.82. The van der Waals surface area contributed by atoms with Crippen LogP contribution >= 0.6 is 0 Å². The van der Waals surface area contributed by atoms with Crippen LogP contribution in [0.5, 0.6) is 0 Å². The van der Waals surface area contributed by atoms with E-state index in [2.05, 4.69) is 26.8 Å². The Morgan fingerprint density at radius 3 is 2.53 bits per heavy atom. The zero-order valence-electron chi connectivity index (χ0n) is 10.3. The van der Waals surface area contributed by atoms with Crippen LogP contribution in [-0.4, -0.2) is 11.7 Å². The van der Waals surface area contributed by atoms with Gasteiger partial charge in [0.05, 0.1) is 0 Å². The Hall–Kier alpha value is -0.300. The van der Waals surface area contributed by atoms with Crippen molar-refractivity contribution in [1.82, 2.24) is 0 Å². The molecule has 2 aliphatic carbocycles. The molecule has 0 saturated heterocycles. The monoisotopic (exact) mass is 208 g/mol. The van der Waals surface area contributed by atoms with E-state index in [0.717, 1.165) is 12.3 Å². The molecule has 0 heterocycles. The van der Waals surface area contributed by atoms with Crippen LogP contribution < -0.4 is 0 Å². The summed E-state index contributed by atoms with van der Waals surface area (Å²) in [5, 5.41) is 8.82. The lowest BCUT2D eigenvalue weighted by Crippen LogP contribution is -2.32. The van der Waals surface area contributed by atoms with E-state index in [1.165, 1.54) is 25.7 Å². The van der Waals surface area contributed by atoms with Crippen LogP contribution in [0.25, 0.3) is 0 Å². The minimum atomic E-state index is 0.351. The maximum Gasteiger partial charge on any atom is 0.0431 e. The average Bonchev–Trinajstić information content (AvgIpc) is 2.51. The molecule has 2 rings (SSSR count). The van der Waals surface area contributed by atoms with Gasteiger partial charge < -0.3 is 5.11 Å². The Labute approximate surface area is 93.6 Å². The molecule has 1 N–H and O–H groups in total. The molecule has 0 aromatic carbocycles. The van der Waals surface area contributed by atoms with Gasteiger partial charge in [-0.3, -0.25) is 0 Å². The Balaban J connectivity index is 2.05. The van der Waals surface area contributed by atoms with Crippen LogP contribution in [0, 0.1) is 16.7 Å². The third-order valence-corrected chi connectivity index (χ3v) is 5.29. The van der Waals surface area contributed by atoms with Gasteiger partial charge in [-0.25, -0.2) is 0 Å². The van der Waals surface area contributed by atoms with Gasteiger partial charge in [0, 0.05) is 6.61 Å². The molecule has 2 unspecified atom stereocenters. The normalized spacial score (nSPS) is 37.1. The summed E-state index contributed by atoms with van der Waals surface area (Å²) in [7, 11) is 0. The van der Waals surface area contributed by atoms with E-state index in [4.69, 9.17) is 5.11 Å². The van der Waals surface area contributed by atoms with Gasteiger partial charge >= 0.3 is 0 Å². The molecule has 1 saturated carbocycles. The van der Waals surface area contributed by atoms with Crippen LogP contribution in [0.2, 0.25) is 0 Å². The molecular weight excluding hydrogens is 184 g/mol. The van der Waals surface area contributed by atoms with Crippen molar-refractivity contribution in [1.29, 1.82) is 0 Å². The van der Waals surface area contributed by atoms with Gasteiger partial charge in [0.25, 0.3) is 0 Å². The Bertz CT molecular complexity index is 277. The van der Waals surface area contributed by atoms with E-state index in [1.807, 2.05) is 0 Å². The highest BCUT2D eigenvalue weighted by Gasteiger charge is 2.55. The van der Waals surface area contributed by atoms with E-state index >= 15 is 0 Å². The van der Waals surface area contributed by atoms with Crippen molar-refractivity contribution in [2.75, 3.05) is 6.61 Å². The fourth-order valence-electron chi connectivity index (χ4n) is 3.63. The molecule has 2 bridgehead atoms. The lowest BCUT2D eigenvalue weighted by atomic mass is 9.65. The highest BCUT2D eigenvalue weighted by atomic mass is 16.2. The molecule has 0 aromatic heterocycles. The minimum absolute atomic E-state index is 0.351. The van der Waals surface area contributed by atoms with Gasteiger partial charge in [0.1, 0.15) is 0 Å². The number of rotatable bonds is 4. The Kier molecular flexibility index (Phi) is 2.70. The Morgan fingerprint density at radius 2 is 2.07 bits per heavy atom. The van der Waals surface area contributed by atoms with Crippen molar-refractivity contribution >= 4 is 0 Å². The molecule has 1 fully saturated rings. The van der Waals surface area contributed by atoms with Gasteiger partial charge in [0.15, 0.2) is 0 Å². The molecule has 0 spiro atoms. The lowest BCUT2D eigenvalue weighted by molar-refractivity contribution is 0.112. The fraction of sp³-hybridized carbons (Fsp3) is 0.857. The standard InChI is InChI=1S/C14H24O/c1-13(2)11-7-8-14(13,3)12(10-11)6-4-5-9-15/h10,12,15H,4-9H2,1-3H3.